The predicted molar refractivity (Wildman–Crippen MR) is 119 cm³/mol. The summed E-state index contributed by atoms with van der Waals surface area (Å²) in [5, 5.41) is 3.22. The van der Waals surface area contributed by atoms with Crippen molar-refractivity contribution < 1.29 is 14.4 Å². The van der Waals surface area contributed by atoms with Gasteiger partial charge in [-0.3, -0.25) is 19.3 Å². The molecule has 0 radical (unpaired) electrons. The summed E-state index contributed by atoms with van der Waals surface area (Å²) < 4.78 is 0. The second-order valence-electron chi connectivity index (χ2n) is 10.7. The monoisotopic (exact) mass is 418 g/mol. The Morgan fingerprint density at radius 3 is 2.00 bits per heavy atom. The number of hydrogen-bond donors (Lipinski definition) is 1. The molecule has 3 rings (SSSR count). The van der Waals surface area contributed by atoms with Crippen molar-refractivity contribution in [3.8, 4) is 0 Å². The van der Waals surface area contributed by atoms with Crippen LogP contribution in [0.4, 0.5) is 0 Å². The Labute approximate surface area is 182 Å². The minimum Gasteiger partial charge on any atom is -0.353 e. The number of carbonyl (C=O) groups excluding carboxylic acids is 3. The van der Waals surface area contributed by atoms with Gasteiger partial charge in [0.2, 0.25) is 17.7 Å². The highest BCUT2D eigenvalue weighted by Crippen LogP contribution is 2.60. The number of carbonyl (C=O) groups is 3. The molecule has 5 heteroatoms. The van der Waals surface area contributed by atoms with Crippen molar-refractivity contribution in [2.24, 2.45) is 16.7 Å². The summed E-state index contributed by atoms with van der Waals surface area (Å²) in [6.07, 6.45) is 15.3. The first-order valence-electron chi connectivity index (χ1n) is 12.4. The van der Waals surface area contributed by atoms with E-state index in [0.29, 0.717) is 0 Å². The average Bonchev–Trinajstić information content (AvgIpc) is 2.87. The third kappa shape index (κ3) is 4.75. The Morgan fingerprint density at radius 1 is 0.900 bits per heavy atom. The van der Waals surface area contributed by atoms with Crippen LogP contribution in [0.15, 0.2) is 0 Å². The van der Waals surface area contributed by atoms with Crippen molar-refractivity contribution in [2.75, 3.05) is 6.54 Å². The zero-order valence-electron chi connectivity index (χ0n) is 19.4. The molecule has 0 aromatic carbocycles. The van der Waals surface area contributed by atoms with E-state index in [-0.39, 0.29) is 48.1 Å². The second-order valence-corrected chi connectivity index (χ2v) is 10.7. The van der Waals surface area contributed by atoms with Gasteiger partial charge in [0.1, 0.15) is 0 Å². The fourth-order valence-electron chi connectivity index (χ4n) is 5.93. The summed E-state index contributed by atoms with van der Waals surface area (Å²) in [7, 11) is 0. The molecule has 2 aliphatic carbocycles. The quantitative estimate of drug-likeness (QED) is 0.655. The maximum atomic E-state index is 13.1. The Morgan fingerprint density at radius 2 is 1.43 bits per heavy atom. The molecule has 3 fully saturated rings. The first-order valence-corrected chi connectivity index (χ1v) is 12.4. The van der Waals surface area contributed by atoms with Crippen LogP contribution in [-0.4, -0.2) is 35.2 Å². The zero-order valence-corrected chi connectivity index (χ0v) is 19.4. The topological polar surface area (TPSA) is 66.5 Å². The molecule has 30 heavy (non-hydrogen) atoms. The lowest BCUT2D eigenvalue weighted by atomic mass is 9.62. The van der Waals surface area contributed by atoms with Crippen LogP contribution in [0.5, 0.6) is 0 Å². The summed E-state index contributed by atoms with van der Waals surface area (Å²) in [6, 6.07) is 0.234. The van der Waals surface area contributed by atoms with Gasteiger partial charge in [-0.2, -0.15) is 0 Å². The van der Waals surface area contributed by atoms with Crippen molar-refractivity contribution in [1.29, 1.82) is 0 Å². The summed E-state index contributed by atoms with van der Waals surface area (Å²) in [6.45, 7) is 6.32. The fraction of sp³-hybridized carbons (Fsp3) is 0.880. The van der Waals surface area contributed by atoms with Crippen molar-refractivity contribution >= 4 is 17.7 Å². The van der Waals surface area contributed by atoms with Crippen molar-refractivity contribution in [3.05, 3.63) is 0 Å². The minimum atomic E-state index is -0.491. The molecule has 1 aliphatic heterocycles. The standard InChI is InChI=1S/C25H42N2O3/c1-24(2)20-15-17-25(24,3)23(30)27(22(20)29)18-16-21(28)26-19-13-11-9-7-5-4-6-8-10-12-14-19/h19-20H,4-18H2,1-3H3,(H,26,28). The fourth-order valence-corrected chi connectivity index (χ4v) is 5.93. The zero-order chi connectivity index (χ0) is 21.8. The smallest absolute Gasteiger partial charge is 0.235 e. The third-order valence-corrected chi connectivity index (χ3v) is 8.54. The lowest BCUT2D eigenvalue weighted by molar-refractivity contribution is -0.167. The molecule has 0 aromatic rings. The average molecular weight is 419 g/mol. The van der Waals surface area contributed by atoms with E-state index in [9.17, 15) is 14.4 Å². The van der Waals surface area contributed by atoms with E-state index in [0.717, 1.165) is 25.7 Å². The third-order valence-electron chi connectivity index (χ3n) is 8.54. The molecule has 2 saturated carbocycles. The summed E-state index contributed by atoms with van der Waals surface area (Å²) in [5.41, 5.74) is -0.789. The van der Waals surface area contributed by atoms with E-state index in [1.165, 1.54) is 62.7 Å². The second kappa shape index (κ2) is 9.82. The molecule has 2 bridgehead atoms. The number of nitrogens with zero attached hydrogens (tertiary/aromatic N) is 1. The first-order chi connectivity index (χ1) is 14.3. The predicted octanol–water partition coefficient (Wildman–Crippen LogP) is 4.98. The van der Waals surface area contributed by atoms with Crippen molar-refractivity contribution in [1.82, 2.24) is 10.2 Å². The van der Waals surface area contributed by atoms with Gasteiger partial charge in [-0.1, -0.05) is 78.6 Å². The van der Waals surface area contributed by atoms with Gasteiger partial charge >= 0.3 is 0 Å². The van der Waals surface area contributed by atoms with Gasteiger partial charge in [-0.05, 0) is 31.1 Å². The van der Waals surface area contributed by atoms with Gasteiger partial charge in [-0.15, -0.1) is 0 Å². The van der Waals surface area contributed by atoms with E-state index in [4.69, 9.17) is 0 Å². The number of imide groups is 1. The minimum absolute atomic E-state index is 0.0185. The van der Waals surface area contributed by atoms with E-state index in [1.54, 1.807) is 0 Å². The maximum absolute atomic E-state index is 13.1. The molecule has 3 amide bonds. The van der Waals surface area contributed by atoms with Crippen LogP contribution in [0.3, 0.4) is 0 Å². The Hall–Kier alpha value is -1.39. The highest BCUT2D eigenvalue weighted by molar-refractivity contribution is 6.04. The maximum Gasteiger partial charge on any atom is 0.235 e. The van der Waals surface area contributed by atoms with Crippen LogP contribution in [0.2, 0.25) is 0 Å². The first kappa shape index (κ1) is 23.3. The highest BCUT2D eigenvalue weighted by atomic mass is 16.2. The van der Waals surface area contributed by atoms with Crippen LogP contribution >= 0.6 is 0 Å². The molecule has 170 valence electrons. The normalized spacial score (nSPS) is 31.2. The number of amides is 3. The highest BCUT2D eigenvalue weighted by Gasteiger charge is 2.64. The van der Waals surface area contributed by atoms with Crippen molar-refractivity contribution in [2.45, 2.75) is 117 Å². The van der Waals surface area contributed by atoms with Gasteiger partial charge in [0.05, 0.1) is 5.41 Å². The number of fused-ring (bicyclic) bond motifs is 2. The summed E-state index contributed by atoms with van der Waals surface area (Å²) >= 11 is 0. The van der Waals surface area contributed by atoms with E-state index >= 15 is 0 Å². The lowest BCUT2D eigenvalue weighted by Crippen LogP contribution is -2.59. The molecular formula is C25H42N2O3. The van der Waals surface area contributed by atoms with Crippen LogP contribution in [-0.2, 0) is 14.4 Å². The number of hydrogen-bond acceptors (Lipinski definition) is 3. The van der Waals surface area contributed by atoms with Gasteiger partial charge in [0.25, 0.3) is 0 Å². The lowest BCUT2D eigenvalue weighted by Gasteiger charge is -2.47. The van der Waals surface area contributed by atoms with Crippen molar-refractivity contribution in [3.63, 3.8) is 0 Å². The van der Waals surface area contributed by atoms with E-state index in [2.05, 4.69) is 5.32 Å². The molecule has 2 unspecified atom stereocenters. The molecule has 1 saturated heterocycles. The SMILES string of the molecule is CC12CCC(C(=O)N(CCC(=O)NC3CCCCCCCCCCC3)C1=O)C2(C)C. The largest absolute Gasteiger partial charge is 0.353 e. The molecule has 1 N–H and O–H groups in total. The number of likely N-dealkylation sites (tertiary alicyclic amines) is 1. The van der Waals surface area contributed by atoms with Crippen LogP contribution in [0.25, 0.3) is 0 Å². The van der Waals surface area contributed by atoms with Crippen LogP contribution < -0.4 is 5.32 Å². The Bertz CT molecular complexity index is 632. The summed E-state index contributed by atoms with van der Waals surface area (Å²) in [4.78, 5) is 40.1. The molecule has 2 atom stereocenters. The Kier molecular flexibility index (Phi) is 7.62. The molecule has 5 nitrogen and oxygen atoms in total. The van der Waals surface area contributed by atoms with Gasteiger partial charge in [-0.25, -0.2) is 0 Å². The Balaban J connectivity index is 1.52. The number of nitrogens with one attached hydrogen (secondary N) is 1. The van der Waals surface area contributed by atoms with E-state index < -0.39 is 5.41 Å². The number of piperidine rings is 1. The van der Waals surface area contributed by atoms with E-state index in [1.807, 2.05) is 20.8 Å². The van der Waals surface area contributed by atoms with Gasteiger partial charge in [0, 0.05) is 24.9 Å². The molecule has 0 aromatic heterocycles. The molecule has 1 heterocycles. The van der Waals surface area contributed by atoms with Crippen LogP contribution in [0, 0.1) is 16.7 Å². The molecular weight excluding hydrogens is 376 g/mol. The van der Waals surface area contributed by atoms with Gasteiger partial charge in [0.15, 0.2) is 0 Å². The number of rotatable bonds is 4. The molecule has 3 aliphatic rings. The van der Waals surface area contributed by atoms with Gasteiger partial charge < -0.3 is 5.32 Å². The van der Waals surface area contributed by atoms with Crippen LogP contribution in [0.1, 0.15) is 111 Å². The molecule has 0 spiro atoms. The summed E-state index contributed by atoms with van der Waals surface area (Å²) in [5.74, 6) is -0.270.